The van der Waals surface area contributed by atoms with E-state index in [1.54, 1.807) is 6.07 Å². The summed E-state index contributed by atoms with van der Waals surface area (Å²) in [5.41, 5.74) is 0.797. The average Bonchev–Trinajstić information content (AvgIpc) is 2.30. The summed E-state index contributed by atoms with van der Waals surface area (Å²) >= 11 is 0. The van der Waals surface area contributed by atoms with Gasteiger partial charge in [0.25, 0.3) is 0 Å². The molecular weight excluding hydrogens is 231 g/mol. The Hall–Kier alpha value is -2.21. The van der Waals surface area contributed by atoms with Gasteiger partial charge in [0.15, 0.2) is 11.6 Å². The van der Waals surface area contributed by atoms with Crippen LogP contribution in [0.5, 0.6) is 11.5 Å². The van der Waals surface area contributed by atoms with Crippen molar-refractivity contribution in [2.24, 2.45) is 0 Å². The van der Waals surface area contributed by atoms with Crippen LogP contribution in [0.25, 0.3) is 10.8 Å². The van der Waals surface area contributed by atoms with Crippen LogP contribution in [0.1, 0.15) is 30.9 Å². The van der Waals surface area contributed by atoms with Crippen LogP contribution in [0, 0.1) is 18.2 Å². The van der Waals surface area contributed by atoms with Crippen LogP contribution in [0.4, 0.5) is 4.39 Å². The average molecular weight is 244 g/mol. The molecule has 0 radical (unpaired) electrons. The van der Waals surface area contributed by atoms with Crippen molar-refractivity contribution in [3.63, 3.8) is 0 Å². The highest BCUT2D eigenvalue weighted by Gasteiger charge is 2.16. The summed E-state index contributed by atoms with van der Waals surface area (Å²) < 4.78 is 13.8. The second-order valence-electron chi connectivity index (χ2n) is 4.52. The Labute approximate surface area is 105 Å². The minimum absolute atomic E-state index is 0.0358. The van der Waals surface area contributed by atoms with Gasteiger partial charge in [-0.1, -0.05) is 19.8 Å². The van der Waals surface area contributed by atoms with Crippen LogP contribution < -0.4 is 0 Å². The zero-order chi connectivity index (χ0) is 13.4. The molecule has 18 heavy (non-hydrogen) atoms. The van der Waals surface area contributed by atoms with Gasteiger partial charge in [0, 0.05) is 5.39 Å². The molecule has 0 atom stereocenters. The monoisotopic (exact) mass is 244 g/mol. The fraction of sp³-hybridized carbons (Fsp3) is 0.200. The third-order valence-corrected chi connectivity index (χ3v) is 2.94. The van der Waals surface area contributed by atoms with Gasteiger partial charge in [0.2, 0.25) is 0 Å². The van der Waals surface area contributed by atoms with Crippen molar-refractivity contribution in [1.82, 2.24) is 0 Å². The summed E-state index contributed by atoms with van der Waals surface area (Å²) in [4.78, 5) is 0. The molecule has 3 heteroatoms. The van der Waals surface area contributed by atoms with Gasteiger partial charge in [-0.2, -0.15) is 0 Å². The van der Waals surface area contributed by atoms with Gasteiger partial charge in [0.1, 0.15) is 5.75 Å². The van der Waals surface area contributed by atoms with E-state index in [-0.39, 0.29) is 17.2 Å². The van der Waals surface area contributed by atoms with Crippen molar-refractivity contribution in [2.75, 3.05) is 0 Å². The number of fused-ring (bicyclic) bond motifs is 1. The van der Waals surface area contributed by atoms with Crippen LogP contribution in [0.15, 0.2) is 18.2 Å². The lowest BCUT2D eigenvalue weighted by Crippen LogP contribution is -1.95. The second kappa shape index (κ2) is 4.23. The maximum Gasteiger partial charge on any atom is 0.181 e. The third-order valence-electron chi connectivity index (χ3n) is 2.94. The van der Waals surface area contributed by atoms with Crippen LogP contribution >= 0.6 is 0 Å². The topological polar surface area (TPSA) is 40.5 Å². The zero-order valence-electron chi connectivity index (χ0n) is 10.2. The predicted molar refractivity (Wildman–Crippen MR) is 69.3 cm³/mol. The molecule has 0 bridgehead atoms. The van der Waals surface area contributed by atoms with Gasteiger partial charge >= 0.3 is 0 Å². The molecule has 0 aliphatic heterocycles. The van der Waals surface area contributed by atoms with Crippen molar-refractivity contribution in [3.8, 4) is 23.8 Å². The minimum atomic E-state index is -0.794. The molecule has 0 spiro atoms. The number of terminal acetylenes is 1. The molecule has 0 fully saturated rings. The molecule has 0 saturated carbocycles. The fourth-order valence-corrected chi connectivity index (χ4v) is 2.11. The molecule has 0 unspecified atom stereocenters. The van der Waals surface area contributed by atoms with E-state index in [1.807, 2.05) is 13.8 Å². The van der Waals surface area contributed by atoms with E-state index in [9.17, 15) is 14.6 Å². The molecule has 2 aromatic rings. The van der Waals surface area contributed by atoms with Crippen molar-refractivity contribution < 1.29 is 14.6 Å². The Morgan fingerprint density at radius 3 is 2.44 bits per heavy atom. The van der Waals surface area contributed by atoms with Crippen molar-refractivity contribution >= 4 is 10.8 Å². The first kappa shape index (κ1) is 12.3. The minimum Gasteiger partial charge on any atom is -0.508 e. The zero-order valence-corrected chi connectivity index (χ0v) is 10.2. The Kier molecular flexibility index (Phi) is 2.88. The first-order valence-corrected chi connectivity index (χ1v) is 5.60. The van der Waals surface area contributed by atoms with Crippen LogP contribution in [-0.2, 0) is 0 Å². The maximum atomic E-state index is 13.8. The summed E-state index contributed by atoms with van der Waals surface area (Å²) in [5, 5.41) is 20.3. The van der Waals surface area contributed by atoms with E-state index in [4.69, 9.17) is 6.42 Å². The molecule has 0 amide bonds. The summed E-state index contributed by atoms with van der Waals surface area (Å²) in [6.07, 6.45) is 5.33. The highest BCUT2D eigenvalue weighted by molar-refractivity contribution is 5.94. The van der Waals surface area contributed by atoms with Crippen LogP contribution in [0.2, 0.25) is 0 Å². The number of halogens is 1. The van der Waals surface area contributed by atoms with Gasteiger partial charge < -0.3 is 10.2 Å². The fourth-order valence-electron chi connectivity index (χ4n) is 2.11. The van der Waals surface area contributed by atoms with Gasteiger partial charge in [-0.05, 0) is 35.1 Å². The number of phenolic OH excluding ortho intramolecular Hbond substituents is 2. The highest BCUT2D eigenvalue weighted by atomic mass is 19.1. The molecule has 2 N–H and O–H groups in total. The molecule has 0 aliphatic rings. The van der Waals surface area contributed by atoms with E-state index < -0.39 is 11.6 Å². The molecule has 2 nitrogen and oxygen atoms in total. The van der Waals surface area contributed by atoms with Crippen molar-refractivity contribution in [2.45, 2.75) is 19.8 Å². The third kappa shape index (κ3) is 1.76. The number of phenols is 2. The molecule has 0 aromatic heterocycles. The van der Waals surface area contributed by atoms with Gasteiger partial charge in [-0.15, -0.1) is 6.42 Å². The maximum absolute atomic E-state index is 13.8. The summed E-state index contributed by atoms with van der Waals surface area (Å²) in [6, 6.07) is 4.31. The van der Waals surface area contributed by atoms with Crippen LogP contribution in [-0.4, -0.2) is 10.2 Å². The van der Waals surface area contributed by atoms with Gasteiger partial charge in [0.05, 0.1) is 5.56 Å². The van der Waals surface area contributed by atoms with E-state index in [1.165, 1.54) is 12.1 Å². The lowest BCUT2D eigenvalue weighted by molar-refractivity contribution is 0.433. The SMILES string of the molecule is C#Cc1c(F)c(O)cc2cc(O)cc(C(C)C)c12. The van der Waals surface area contributed by atoms with E-state index >= 15 is 0 Å². The largest absolute Gasteiger partial charge is 0.508 e. The van der Waals surface area contributed by atoms with Crippen molar-refractivity contribution in [3.05, 3.63) is 35.1 Å². The molecule has 92 valence electrons. The standard InChI is InChI=1S/C15H13FO2/c1-4-11-14-9(6-13(18)15(11)16)5-10(17)7-12(14)8(2)3/h1,5-8,17-18H,2-3H3. The molecule has 2 aromatic carbocycles. The smallest absolute Gasteiger partial charge is 0.181 e. The van der Waals surface area contributed by atoms with E-state index in [2.05, 4.69) is 5.92 Å². The van der Waals surface area contributed by atoms with Gasteiger partial charge in [-0.25, -0.2) is 4.39 Å². The summed E-state index contributed by atoms with van der Waals surface area (Å²) in [5.74, 6) is 1.13. The summed E-state index contributed by atoms with van der Waals surface area (Å²) in [6.45, 7) is 3.86. The van der Waals surface area contributed by atoms with Gasteiger partial charge in [-0.3, -0.25) is 0 Å². The highest BCUT2D eigenvalue weighted by Crippen LogP contribution is 2.36. The molecule has 0 saturated heterocycles. The Bertz CT molecular complexity index is 666. The first-order chi connectivity index (χ1) is 8.45. The Morgan fingerprint density at radius 1 is 1.22 bits per heavy atom. The van der Waals surface area contributed by atoms with Crippen LogP contribution in [0.3, 0.4) is 0 Å². The predicted octanol–water partition coefficient (Wildman–Crippen LogP) is 3.49. The summed E-state index contributed by atoms with van der Waals surface area (Å²) in [7, 11) is 0. The van der Waals surface area contributed by atoms with Crippen molar-refractivity contribution in [1.29, 1.82) is 0 Å². The normalized spacial score (nSPS) is 10.8. The quantitative estimate of drug-likeness (QED) is 0.754. The Balaban J connectivity index is 3.03. The number of hydrogen-bond acceptors (Lipinski definition) is 2. The molecule has 2 rings (SSSR count). The lowest BCUT2D eigenvalue weighted by atomic mass is 9.92. The lowest BCUT2D eigenvalue weighted by Gasteiger charge is -2.14. The molecule has 0 aliphatic carbocycles. The number of rotatable bonds is 1. The molecule has 0 heterocycles. The second-order valence-corrected chi connectivity index (χ2v) is 4.52. The molecular formula is C15H13FO2. The van der Waals surface area contributed by atoms with E-state index in [0.29, 0.717) is 10.8 Å². The number of hydrogen-bond donors (Lipinski definition) is 2. The first-order valence-electron chi connectivity index (χ1n) is 5.60. The Morgan fingerprint density at radius 2 is 1.89 bits per heavy atom. The number of benzene rings is 2. The number of aromatic hydroxyl groups is 2. The van der Waals surface area contributed by atoms with E-state index in [0.717, 1.165) is 5.56 Å².